The van der Waals surface area contributed by atoms with E-state index in [2.05, 4.69) is 17.3 Å². The molecule has 0 saturated carbocycles. The Morgan fingerprint density at radius 1 is 1.33 bits per heavy atom. The lowest BCUT2D eigenvalue weighted by atomic mass is 9.94. The van der Waals surface area contributed by atoms with Gasteiger partial charge in [0.1, 0.15) is 0 Å². The van der Waals surface area contributed by atoms with E-state index in [4.69, 9.17) is 4.74 Å². The molecule has 0 amide bonds. The third kappa shape index (κ3) is 4.90. The molecule has 0 bridgehead atoms. The van der Waals surface area contributed by atoms with Gasteiger partial charge in [-0.1, -0.05) is 12.1 Å². The first-order valence-electron chi connectivity index (χ1n) is 8.03. The van der Waals surface area contributed by atoms with Gasteiger partial charge in [0.15, 0.2) is 11.5 Å². The van der Waals surface area contributed by atoms with Gasteiger partial charge < -0.3 is 20.1 Å². The number of phenols is 1. The summed E-state index contributed by atoms with van der Waals surface area (Å²) < 4.78 is 5.41. The van der Waals surface area contributed by atoms with Crippen molar-refractivity contribution in [3.63, 3.8) is 0 Å². The molecule has 0 aromatic heterocycles. The van der Waals surface area contributed by atoms with E-state index in [-0.39, 0.29) is 5.75 Å². The Bertz CT molecular complexity index is 429. The van der Waals surface area contributed by atoms with Crippen LogP contribution in [-0.4, -0.2) is 43.3 Å². The van der Waals surface area contributed by atoms with Gasteiger partial charge in [0, 0.05) is 12.1 Å². The first-order valence-corrected chi connectivity index (χ1v) is 8.03. The molecular weight excluding hydrogens is 264 g/mol. The quantitative estimate of drug-likeness (QED) is 0.758. The second kappa shape index (κ2) is 8.25. The van der Waals surface area contributed by atoms with Crippen LogP contribution in [0.1, 0.15) is 31.7 Å². The number of hydrogen-bond acceptors (Lipinski definition) is 4. The lowest BCUT2D eigenvalue weighted by molar-refractivity contribution is 0.211. The highest BCUT2D eigenvalue weighted by molar-refractivity contribution is 5.45. The van der Waals surface area contributed by atoms with E-state index in [1.54, 1.807) is 6.07 Å². The Hall–Kier alpha value is -1.26. The molecule has 0 aliphatic carbocycles. The third-order valence-electron chi connectivity index (χ3n) is 4.27. The van der Waals surface area contributed by atoms with Crippen molar-refractivity contribution in [3.05, 3.63) is 23.8 Å². The summed E-state index contributed by atoms with van der Waals surface area (Å²) in [4.78, 5) is 2.40. The van der Waals surface area contributed by atoms with Crippen LogP contribution in [0.5, 0.6) is 11.5 Å². The van der Waals surface area contributed by atoms with Gasteiger partial charge in [0.2, 0.25) is 0 Å². The van der Waals surface area contributed by atoms with Gasteiger partial charge in [0.25, 0.3) is 0 Å². The number of rotatable bonds is 7. The SMILES string of the molecule is CCOc1cccc(CNCCC2CCN(C)CC2)c1O. The van der Waals surface area contributed by atoms with Crippen LogP contribution in [0, 0.1) is 5.92 Å². The number of phenolic OH excluding ortho intramolecular Hbond substituents is 1. The number of hydrogen-bond donors (Lipinski definition) is 2. The number of aromatic hydroxyl groups is 1. The molecule has 118 valence electrons. The lowest BCUT2D eigenvalue weighted by Gasteiger charge is -2.28. The molecular formula is C17H28N2O2. The number of benzene rings is 1. The van der Waals surface area contributed by atoms with Gasteiger partial charge in [-0.3, -0.25) is 0 Å². The number of piperidine rings is 1. The van der Waals surface area contributed by atoms with Gasteiger partial charge in [-0.15, -0.1) is 0 Å². The number of ether oxygens (including phenoxy) is 1. The minimum absolute atomic E-state index is 0.270. The van der Waals surface area contributed by atoms with Crippen LogP contribution >= 0.6 is 0 Å². The van der Waals surface area contributed by atoms with Crippen molar-refractivity contribution < 1.29 is 9.84 Å². The largest absolute Gasteiger partial charge is 0.504 e. The van der Waals surface area contributed by atoms with Crippen molar-refractivity contribution in [1.29, 1.82) is 0 Å². The van der Waals surface area contributed by atoms with Crippen molar-refractivity contribution in [1.82, 2.24) is 10.2 Å². The standard InChI is InChI=1S/C17H28N2O2/c1-3-21-16-6-4-5-15(17(16)20)13-18-10-7-14-8-11-19(2)12-9-14/h4-6,14,18,20H,3,7-13H2,1-2H3. The molecule has 2 N–H and O–H groups in total. The molecule has 21 heavy (non-hydrogen) atoms. The van der Waals surface area contributed by atoms with E-state index in [0.29, 0.717) is 18.9 Å². The summed E-state index contributed by atoms with van der Waals surface area (Å²) in [6, 6.07) is 5.68. The smallest absolute Gasteiger partial charge is 0.162 e. The van der Waals surface area contributed by atoms with E-state index in [1.807, 2.05) is 19.1 Å². The maximum atomic E-state index is 10.1. The fourth-order valence-corrected chi connectivity index (χ4v) is 2.86. The first kappa shape index (κ1) is 16.1. The predicted octanol–water partition coefficient (Wildman–Crippen LogP) is 2.61. The highest BCUT2D eigenvalue weighted by atomic mass is 16.5. The summed E-state index contributed by atoms with van der Waals surface area (Å²) in [6.07, 6.45) is 3.84. The molecule has 0 spiro atoms. The zero-order valence-corrected chi connectivity index (χ0v) is 13.3. The van der Waals surface area contributed by atoms with Gasteiger partial charge >= 0.3 is 0 Å². The van der Waals surface area contributed by atoms with Gasteiger partial charge in [-0.25, -0.2) is 0 Å². The molecule has 0 radical (unpaired) electrons. The zero-order chi connectivity index (χ0) is 15.1. The minimum atomic E-state index is 0.270. The number of para-hydroxylation sites is 1. The van der Waals surface area contributed by atoms with Gasteiger partial charge in [-0.2, -0.15) is 0 Å². The minimum Gasteiger partial charge on any atom is -0.504 e. The van der Waals surface area contributed by atoms with Crippen LogP contribution in [0.2, 0.25) is 0 Å². The Labute approximate surface area is 128 Å². The maximum absolute atomic E-state index is 10.1. The van der Waals surface area contributed by atoms with Crippen molar-refractivity contribution in [2.24, 2.45) is 5.92 Å². The summed E-state index contributed by atoms with van der Waals surface area (Å²) in [5, 5.41) is 13.6. The molecule has 1 saturated heterocycles. The molecule has 2 rings (SSSR count). The van der Waals surface area contributed by atoms with Crippen LogP contribution in [0.25, 0.3) is 0 Å². The molecule has 1 aromatic carbocycles. The Kier molecular flexibility index (Phi) is 6.33. The molecule has 1 aromatic rings. The molecule has 1 fully saturated rings. The summed E-state index contributed by atoms with van der Waals surface area (Å²) in [6.45, 7) is 6.64. The highest BCUT2D eigenvalue weighted by Gasteiger charge is 2.16. The van der Waals surface area contributed by atoms with Crippen molar-refractivity contribution >= 4 is 0 Å². The molecule has 1 heterocycles. The summed E-state index contributed by atoms with van der Waals surface area (Å²) in [7, 11) is 2.20. The molecule has 0 unspecified atom stereocenters. The molecule has 1 aliphatic heterocycles. The first-order chi connectivity index (χ1) is 10.2. The maximum Gasteiger partial charge on any atom is 0.162 e. The third-order valence-corrected chi connectivity index (χ3v) is 4.27. The number of nitrogens with zero attached hydrogens (tertiary/aromatic N) is 1. The van der Waals surface area contributed by atoms with Crippen molar-refractivity contribution in [2.45, 2.75) is 32.7 Å². The predicted molar refractivity (Wildman–Crippen MR) is 85.8 cm³/mol. The fraction of sp³-hybridized carbons (Fsp3) is 0.647. The van der Waals surface area contributed by atoms with Crippen LogP contribution in [0.3, 0.4) is 0 Å². The van der Waals surface area contributed by atoms with E-state index >= 15 is 0 Å². The molecule has 4 nitrogen and oxygen atoms in total. The van der Waals surface area contributed by atoms with Crippen LogP contribution in [0.15, 0.2) is 18.2 Å². The lowest BCUT2D eigenvalue weighted by Crippen LogP contribution is -2.31. The van der Waals surface area contributed by atoms with Crippen LogP contribution < -0.4 is 10.1 Å². The van der Waals surface area contributed by atoms with Gasteiger partial charge in [0.05, 0.1) is 6.61 Å². The van der Waals surface area contributed by atoms with Crippen molar-refractivity contribution in [3.8, 4) is 11.5 Å². The average molecular weight is 292 g/mol. The van der Waals surface area contributed by atoms with E-state index in [0.717, 1.165) is 18.0 Å². The Balaban J connectivity index is 1.72. The van der Waals surface area contributed by atoms with E-state index in [9.17, 15) is 5.11 Å². The zero-order valence-electron chi connectivity index (χ0n) is 13.3. The second-order valence-electron chi connectivity index (χ2n) is 5.91. The molecule has 4 heteroatoms. The molecule has 0 atom stereocenters. The van der Waals surface area contributed by atoms with Crippen molar-refractivity contribution in [2.75, 3.05) is 33.3 Å². The van der Waals surface area contributed by atoms with Crippen LogP contribution in [-0.2, 0) is 6.54 Å². The summed E-state index contributed by atoms with van der Waals surface area (Å²) >= 11 is 0. The monoisotopic (exact) mass is 292 g/mol. The summed E-state index contributed by atoms with van der Waals surface area (Å²) in [5.74, 6) is 1.69. The van der Waals surface area contributed by atoms with E-state index < -0.39 is 0 Å². The number of likely N-dealkylation sites (tertiary alicyclic amines) is 1. The van der Waals surface area contributed by atoms with Gasteiger partial charge in [-0.05, 0) is 64.9 Å². The van der Waals surface area contributed by atoms with Crippen LogP contribution in [0.4, 0.5) is 0 Å². The Morgan fingerprint density at radius 3 is 2.81 bits per heavy atom. The molecule has 1 aliphatic rings. The topological polar surface area (TPSA) is 44.7 Å². The normalized spacial score (nSPS) is 17.0. The highest BCUT2D eigenvalue weighted by Crippen LogP contribution is 2.29. The fourth-order valence-electron chi connectivity index (χ4n) is 2.86. The summed E-state index contributed by atoms with van der Waals surface area (Å²) in [5.41, 5.74) is 0.907. The van der Waals surface area contributed by atoms with E-state index in [1.165, 1.54) is 32.4 Å². The average Bonchev–Trinajstić information content (AvgIpc) is 2.49. The second-order valence-corrected chi connectivity index (χ2v) is 5.91. The number of nitrogens with one attached hydrogen (secondary N) is 1. The Morgan fingerprint density at radius 2 is 2.10 bits per heavy atom.